The molecule has 2 aromatic heterocycles. The molecule has 0 atom stereocenters. The zero-order chi connectivity index (χ0) is 12.4. The van der Waals surface area contributed by atoms with Gasteiger partial charge < -0.3 is 15.6 Å². The number of hydrogen-bond donors (Lipinski definition) is 2. The second-order valence-electron chi connectivity index (χ2n) is 3.79. The van der Waals surface area contributed by atoms with E-state index in [1.165, 1.54) is 0 Å². The van der Waals surface area contributed by atoms with Gasteiger partial charge in [-0.1, -0.05) is 0 Å². The number of hydrogen-bond acceptors (Lipinski definition) is 4. The quantitative estimate of drug-likeness (QED) is 0.760. The van der Waals surface area contributed by atoms with E-state index >= 15 is 0 Å². The molecular weight excluding hydrogens is 220 g/mol. The Morgan fingerprint density at radius 2 is 2.29 bits per heavy atom. The SMILES string of the molecule is Cn1cnc(CNC(=O)c2cc(N)cn2C)n1. The summed E-state index contributed by atoms with van der Waals surface area (Å²) in [6.45, 7) is 0.296. The summed E-state index contributed by atoms with van der Waals surface area (Å²) in [5.74, 6) is 0.375. The van der Waals surface area contributed by atoms with Gasteiger partial charge in [-0.3, -0.25) is 9.48 Å². The summed E-state index contributed by atoms with van der Waals surface area (Å²) >= 11 is 0. The Kier molecular flexibility index (Phi) is 2.82. The summed E-state index contributed by atoms with van der Waals surface area (Å²) in [5, 5.41) is 6.79. The van der Waals surface area contributed by atoms with E-state index in [-0.39, 0.29) is 5.91 Å². The predicted octanol–water partition coefficient (Wildman–Crippen LogP) is -0.334. The Morgan fingerprint density at radius 3 is 2.82 bits per heavy atom. The first-order valence-corrected chi connectivity index (χ1v) is 5.11. The second-order valence-corrected chi connectivity index (χ2v) is 3.79. The van der Waals surface area contributed by atoms with Gasteiger partial charge in [0, 0.05) is 20.3 Å². The first-order valence-electron chi connectivity index (χ1n) is 5.11. The molecule has 0 aliphatic carbocycles. The third-order valence-electron chi connectivity index (χ3n) is 2.31. The van der Waals surface area contributed by atoms with Crippen molar-refractivity contribution in [2.45, 2.75) is 6.54 Å². The van der Waals surface area contributed by atoms with Crippen molar-refractivity contribution in [3.8, 4) is 0 Å². The molecule has 7 heteroatoms. The van der Waals surface area contributed by atoms with Crippen LogP contribution in [0.3, 0.4) is 0 Å². The first kappa shape index (κ1) is 11.2. The fourth-order valence-corrected chi connectivity index (χ4v) is 1.53. The van der Waals surface area contributed by atoms with Gasteiger partial charge in [0.2, 0.25) is 0 Å². The van der Waals surface area contributed by atoms with E-state index in [0.29, 0.717) is 23.8 Å². The lowest BCUT2D eigenvalue weighted by Crippen LogP contribution is -2.25. The number of rotatable bonds is 3. The molecule has 0 spiro atoms. The lowest BCUT2D eigenvalue weighted by Gasteiger charge is -2.03. The molecule has 0 radical (unpaired) electrons. The highest BCUT2D eigenvalue weighted by atomic mass is 16.1. The monoisotopic (exact) mass is 234 g/mol. The van der Waals surface area contributed by atoms with Gasteiger partial charge in [-0.15, -0.1) is 0 Å². The van der Waals surface area contributed by atoms with E-state index in [0.717, 1.165) is 0 Å². The number of nitrogens with zero attached hydrogens (tertiary/aromatic N) is 4. The van der Waals surface area contributed by atoms with Crippen LogP contribution in [0.4, 0.5) is 5.69 Å². The molecule has 0 saturated carbocycles. The van der Waals surface area contributed by atoms with Crippen LogP contribution < -0.4 is 11.1 Å². The summed E-state index contributed by atoms with van der Waals surface area (Å²) in [4.78, 5) is 15.8. The highest BCUT2D eigenvalue weighted by Gasteiger charge is 2.11. The van der Waals surface area contributed by atoms with Crippen LogP contribution in [0.1, 0.15) is 16.3 Å². The standard InChI is InChI=1S/C10H14N6O/c1-15-5-7(11)3-8(15)10(17)12-4-9-13-6-16(2)14-9/h3,5-6H,4,11H2,1-2H3,(H,12,17). The fourth-order valence-electron chi connectivity index (χ4n) is 1.53. The molecule has 90 valence electrons. The minimum atomic E-state index is -0.198. The third kappa shape index (κ3) is 2.44. The average Bonchev–Trinajstić information content (AvgIpc) is 2.81. The van der Waals surface area contributed by atoms with Gasteiger partial charge >= 0.3 is 0 Å². The number of anilines is 1. The summed E-state index contributed by atoms with van der Waals surface area (Å²) in [6.07, 6.45) is 3.27. The van der Waals surface area contributed by atoms with Gasteiger partial charge in [0.1, 0.15) is 12.0 Å². The Labute approximate surface area is 98.2 Å². The molecule has 2 aromatic rings. The highest BCUT2D eigenvalue weighted by Crippen LogP contribution is 2.08. The Balaban J connectivity index is 2.00. The van der Waals surface area contributed by atoms with Crippen molar-refractivity contribution < 1.29 is 4.79 Å². The van der Waals surface area contributed by atoms with E-state index in [9.17, 15) is 4.79 Å². The lowest BCUT2D eigenvalue weighted by molar-refractivity contribution is 0.0941. The molecule has 17 heavy (non-hydrogen) atoms. The zero-order valence-corrected chi connectivity index (χ0v) is 9.71. The maximum absolute atomic E-state index is 11.8. The summed E-state index contributed by atoms with van der Waals surface area (Å²) in [5.41, 5.74) is 6.67. The topological polar surface area (TPSA) is 90.8 Å². The Bertz CT molecular complexity index is 541. The molecule has 7 nitrogen and oxygen atoms in total. The highest BCUT2D eigenvalue weighted by molar-refractivity contribution is 5.93. The summed E-state index contributed by atoms with van der Waals surface area (Å²) in [7, 11) is 3.54. The molecule has 0 unspecified atom stereocenters. The second kappa shape index (κ2) is 4.28. The number of aromatic nitrogens is 4. The van der Waals surface area contributed by atoms with Crippen LogP contribution in [0.5, 0.6) is 0 Å². The molecule has 0 fully saturated rings. The lowest BCUT2D eigenvalue weighted by atomic mass is 10.4. The molecule has 1 amide bonds. The van der Waals surface area contributed by atoms with Crippen molar-refractivity contribution >= 4 is 11.6 Å². The molecule has 0 saturated heterocycles. The van der Waals surface area contributed by atoms with E-state index in [1.54, 1.807) is 41.9 Å². The number of carbonyl (C=O) groups is 1. The number of nitrogens with two attached hydrogens (primary N) is 1. The molecule has 0 aliphatic heterocycles. The minimum Gasteiger partial charge on any atom is -0.397 e. The van der Waals surface area contributed by atoms with Crippen LogP contribution in [-0.4, -0.2) is 25.2 Å². The summed E-state index contributed by atoms with van der Waals surface area (Å²) in [6, 6.07) is 1.63. The van der Waals surface area contributed by atoms with Gasteiger partial charge in [0.05, 0.1) is 12.2 Å². The predicted molar refractivity (Wildman–Crippen MR) is 62.0 cm³/mol. The van der Waals surface area contributed by atoms with Crippen molar-refractivity contribution in [1.82, 2.24) is 24.6 Å². The molecule has 2 rings (SSSR count). The number of nitrogen functional groups attached to an aromatic ring is 1. The van der Waals surface area contributed by atoms with Gasteiger partial charge in [0.15, 0.2) is 5.82 Å². The normalized spacial score (nSPS) is 10.5. The van der Waals surface area contributed by atoms with E-state index < -0.39 is 0 Å². The van der Waals surface area contributed by atoms with Crippen molar-refractivity contribution in [2.24, 2.45) is 14.1 Å². The number of aryl methyl sites for hydroxylation is 2. The van der Waals surface area contributed by atoms with Crippen LogP contribution in [0.25, 0.3) is 0 Å². The van der Waals surface area contributed by atoms with Crippen LogP contribution >= 0.6 is 0 Å². The molecule has 3 N–H and O–H groups in total. The van der Waals surface area contributed by atoms with Gasteiger partial charge in [-0.2, -0.15) is 5.10 Å². The van der Waals surface area contributed by atoms with Gasteiger partial charge in [-0.25, -0.2) is 4.98 Å². The number of amides is 1. The Morgan fingerprint density at radius 1 is 1.53 bits per heavy atom. The Hall–Kier alpha value is -2.31. The molecular formula is C10H14N6O. The zero-order valence-electron chi connectivity index (χ0n) is 9.71. The van der Waals surface area contributed by atoms with Gasteiger partial charge in [0.25, 0.3) is 5.91 Å². The van der Waals surface area contributed by atoms with Crippen LogP contribution in [0.2, 0.25) is 0 Å². The van der Waals surface area contributed by atoms with Crippen LogP contribution in [0.15, 0.2) is 18.6 Å². The number of nitrogens with one attached hydrogen (secondary N) is 1. The average molecular weight is 234 g/mol. The van der Waals surface area contributed by atoms with Crippen LogP contribution in [0, 0.1) is 0 Å². The maximum atomic E-state index is 11.8. The summed E-state index contributed by atoms with van der Waals surface area (Å²) < 4.78 is 3.26. The minimum absolute atomic E-state index is 0.198. The molecule has 0 aromatic carbocycles. The molecule has 2 heterocycles. The van der Waals surface area contributed by atoms with E-state index in [4.69, 9.17) is 5.73 Å². The molecule has 0 bridgehead atoms. The van der Waals surface area contributed by atoms with Crippen molar-refractivity contribution in [2.75, 3.05) is 5.73 Å². The van der Waals surface area contributed by atoms with Crippen molar-refractivity contribution in [3.05, 3.63) is 30.1 Å². The van der Waals surface area contributed by atoms with Crippen molar-refractivity contribution in [3.63, 3.8) is 0 Å². The van der Waals surface area contributed by atoms with Gasteiger partial charge in [-0.05, 0) is 6.07 Å². The largest absolute Gasteiger partial charge is 0.397 e. The molecule has 0 aliphatic rings. The van der Waals surface area contributed by atoms with Crippen LogP contribution in [-0.2, 0) is 20.6 Å². The third-order valence-corrected chi connectivity index (χ3v) is 2.31. The van der Waals surface area contributed by atoms with E-state index in [2.05, 4.69) is 15.4 Å². The van der Waals surface area contributed by atoms with Crippen molar-refractivity contribution in [1.29, 1.82) is 0 Å². The van der Waals surface area contributed by atoms with E-state index in [1.807, 2.05) is 0 Å². The fraction of sp³-hybridized carbons (Fsp3) is 0.300. The first-order chi connectivity index (χ1) is 8.06. The maximum Gasteiger partial charge on any atom is 0.268 e. The number of carbonyl (C=O) groups excluding carboxylic acids is 1. The smallest absolute Gasteiger partial charge is 0.268 e.